The number of ether oxygens (including phenoxy) is 1. The number of carbonyl (C=O) groups excluding carboxylic acids is 2. The zero-order valence-corrected chi connectivity index (χ0v) is 23.4. The normalized spacial score (nSPS) is 18.8. The van der Waals surface area contributed by atoms with E-state index < -0.39 is 0 Å². The molecule has 3 aromatic heterocycles. The molecule has 5 heterocycles. The van der Waals surface area contributed by atoms with Crippen molar-refractivity contribution < 1.29 is 14.3 Å². The molecule has 3 aromatic rings. The number of pyridine rings is 1. The highest BCUT2D eigenvalue weighted by atomic mass is 32.1. The molecule has 1 spiro atoms. The molecule has 12 heteroatoms. The van der Waals surface area contributed by atoms with Crippen LogP contribution < -0.4 is 16.4 Å². The van der Waals surface area contributed by atoms with Crippen molar-refractivity contribution in [2.45, 2.75) is 51.0 Å². The van der Waals surface area contributed by atoms with Crippen molar-refractivity contribution in [1.29, 1.82) is 0 Å². The van der Waals surface area contributed by atoms with Crippen LogP contribution in [0.1, 0.15) is 69.8 Å². The number of aromatic nitrogens is 3. The van der Waals surface area contributed by atoms with Gasteiger partial charge in [0.15, 0.2) is 0 Å². The molecule has 0 bridgehead atoms. The number of fused-ring (bicyclic) bond motifs is 1. The first-order valence-corrected chi connectivity index (χ1v) is 14.7. The summed E-state index contributed by atoms with van der Waals surface area (Å²) in [4.78, 5) is 39.0. The largest absolute Gasteiger partial charge is 0.477 e. The van der Waals surface area contributed by atoms with Crippen LogP contribution >= 0.6 is 11.3 Å². The second kappa shape index (κ2) is 11.0. The lowest BCUT2D eigenvalue weighted by Gasteiger charge is -2.46. The van der Waals surface area contributed by atoms with Crippen molar-refractivity contribution in [1.82, 2.24) is 24.8 Å². The fraction of sp³-hybridized carbons (Fsp3) is 0.464. The van der Waals surface area contributed by atoms with Crippen LogP contribution in [0.25, 0.3) is 10.4 Å². The predicted octanol–water partition coefficient (Wildman–Crippen LogP) is 3.22. The minimum Gasteiger partial charge on any atom is -0.477 e. The van der Waals surface area contributed by atoms with Gasteiger partial charge in [-0.2, -0.15) is 5.10 Å². The Morgan fingerprint density at radius 2 is 2.05 bits per heavy atom. The first kappa shape index (κ1) is 26.5. The summed E-state index contributed by atoms with van der Waals surface area (Å²) in [7, 11) is 0. The SMILES string of the molecule is Cc1ncc(C(=O)NCCN2CCCC23CCC3)cc1NC(=O)c1cnn2cc(C(=CN)C3=NCCCO3)sc12. The summed E-state index contributed by atoms with van der Waals surface area (Å²) in [5.74, 6) is -0.0335. The summed E-state index contributed by atoms with van der Waals surface area (Å²) in [5, 5.41) is 10.3. The number of nitrogens with one attached hydrogen (secondary N) is 2. The van der Waals surface area contributed by atoms with Gasteiger partial charge >= 0.3 is 0 Å². The van der Waals surface area contributed by atoms with Gasteiger partial charge in [-0.05, 0) is 51.6 Å². The summed E-state index contributed by atoms with van der Waals surface area (Å²) < 4.78 is 7.33. The fourth-order valence-electron chi connectivity index (χ4n) is 5.82. The van der Waals surface area contributed by atoms with E-state index in [4.69, 9.17) is 10.5 Å². The molecule has 0 atom stereocenters. The molecule has 0 radical (unpaired) electrons. The van der Waals surface area contributed by atoms with E-state index >= 15 is 0 Å². The molecule has 2 aliphatic heterocycles. The van der Waals surface area contributed by atoms with Gasteiger partial charge < -0.3 is 21.1 Å². The third kappa shape index (κ3) is 4.97. The topological polar surface area (TPSA) is 139 Å². The Bertz CT molecular complexity index is 1500. The van der Waals surface area contributed by atoms with Crippen LogP contribution in [-0.4, -0.2) is 75.5 Å². The first-order chi connectivity index (χ1) is 19.5. The highest BCUT2D eigenvalue weighted by molar-refractivity contribution is 7.19. The third-order valence-electron chi connectivity index (χ3n) is 8.19. The molecular weight excluding hydrogens is 528 g/mol. The van der Waals surface area contributed by atoms with Crippen LogP contribution in [0, 0.1) is 6.92 Å². The van der Waals surface area contributed by atoms with Gasteiger partial charge in [0, 0.05) is 50.2 Å². The number of carbonyl (C=O) groups is 2. The van der Waals surface area contributed by atoms with Crippen molar-refractivity contribution in [2.24, 2.45) is 10.7 Å². The number of aliphatic imine (C=N–C) groups is 1. The van der Waals surface area contributed by atoms with Crippen molar-refractivity contribution in [3.8, 4) is 0 Å². The molecule has 40 heavy (non-hydrogen) atoms. The van der Waals surface area contributed by atoms with E-state index in [1.54, 1.807) is 23.7 Å². The number of hydrogen-bond acceptors (Lipinski definition) is 9. The Hall–Kier alpha value is -3.77. The summed E-state index contributed by atoms with van der Waals surface area (Å²) in [6, 6.07) is 1.67. The zero-order valence-electron chi connectivity index (χ0n) is 22.6. The molecule has 2 fully saturated rings. The van der Waals surface area contributed by atoms with Crippen molar-refractivity contribution in [3.05, 3.63) is 52.6 Å². The Kier molecular flexibility index (Phi) is 7.28. The molecule has 1 aliphatic carbocycles. The van der Waals surface area contributed by atoms with Gasteiger partial charge in [-0.15, -0.1) is 11.3 Å². The molecule has 4 N–H and O–H groups in total. The average molecular weight is 563 g/mol. The number of nitrogens with two attached hydrogens (primary N) is 1. The Morgan fingerprint density at radius 1 is 1.20 bits per heavy atom. The number of anilines is 1. The number of hydrogen-bond donors (Lipinski definition) is 3. The summed E-state index contributed by atoms with van der Waals surface area (Å²) in [6.07, 6.45) is 13.6. The van der Waals surface area contributed by atoms with Gasteiger partial charge in [0.2, 0.25) is 5.90 Å². The van der Waals surface area contributed by atoms with Gasteiger partial charge in [0.1, 0.15) is 4.83 Å². The third-order valence-corrected chi connectivity index (χ3v) is 9.34. The Labute approximate surface area is 236 Å². The van der Waals surface area contributed by atoms with E-state index in [1.165, 1.54) is 55.8 Å². The minimum atomic E-state index is -0.338. The lowest BCUT2D eigenvalue weighted by Crippen LogP contribution is -2.51. The predicted molar refractivity (Wildman–Crippen MR) is 155 cm³/mol. The monoisotopic (exact) mass is 562 g/mol. The lowest BCUT2D eigenvalue weighted by molar-refractivity contribution is 0.0561. The van der Waals surface area contributed by atoms with Crippen LogP contribution in [0.4, 0.5) is 5.69 Å². The molecule has 0 unspecified atom stereocenters. The zero-order chi connectivity index (χ0) is 27.7. The summed E-state index contributed by atoms with van der Waals surface area (Å²) in [6.45, 7) is 5.63. The number of nitrogens with zero attached hydrogens (tertiary/aromatic N) is 5. The van der Waals surface area contributed by atoms with Crippen molar-refractivity contribution >= 4 is 45.1 Å². The van der Waals surface area contributed by atoms with Crippen LogP contribution in [0.2, 0.25) is 0 Å². The minimum absolute atomic E-state index is 0.199. The number of aryl methyl sites for hydroxylation is 1. The molecule has 1 saturated heterocycles. The second-order valence-electron chi connectivity index (χ2n) is 10.6. The molecule has 2 amide bonds. The maximum atomic E-state index is 13.3. The van der Waals surface area contributed by atoms with Crippen LogP contribution in [0.5, 0.6) is 0 Å². The summed E-state index contributed by atoms with van der Waals surface area (Å²) >= 11 is 1.38. The van der Waals surface area contributed by atoms with Gasteiger partial charge in [0.05, 0.1) is 45.8 Å². The smallest absolute Gasteiger partial charge is 0.260 e. The first-order valence-electron chi connectivity index (χ1n) is 13.9. The number of likely N-dealkylation sites (tertiary alicyclic amines) is 1. The number of rotatable bonds is 8. The second-order valence-corrected chi connectivity index (χ2v) is 11.6. The molecule has 1 saturated carbocycles. The number of thiazole rings is 1. The highest BCUT2D eigenvalue weighted by Crippen LogP contribution is 2.45. The average Bonchev–Trinajstić information content (AvgIpc) is 3.65. The molecule has 210 valence electrons. The molecule has 6 rings (SSSR count). The maximum absolute atomic E-state index is 13.3. The number of amides is 2. The van der Waals surface area contributed by atoms with E-state index in [-0.39, 0.29) is 11.8 Å². The van der Waals surface area contributed by atoms with Crippen molar-refractivity contribution in [2.75, 3.05) is 38.1 Å². The fourth-order valence-corrected chi connectivity index (χ4v) is 6.90. The van der Waals surface area contributed by atoms with Gasteiger partial charge in [0.25, 0.3) is 11.8 Å². The molecule has 3 aliphatic rings. The van der Waals surface area contributed by atoms with Crippen LogP contribution in [0.3, 0.4) is 0 Å². The van der Waals surface area contributed by atoms with Gasteiger partial charge in [-0.1, -0.05) is 0 Å². The molecular formula is C28H34N8O3S. The van der Waals surface area contributed by atoms with E-state index in [2.05, 4.69) is 30.6 Å². The highest BCUT2D eigenvalue weighted by Gasteiger charge is 2.44. The van der Waals surface area contributed by atoms with Crippen LogP contribution in [0.15, 0.2) is 35.8 Å². The van der Waals surface area contributed by atoms with Gasteiger partial charge in [-0.25, -0.2) is 4.52 Å². The van der Waals surface area contributed by atoms with E-state index in [0.717, 1.165) is 24.4 Å². The molecule has 11 nitrogen and oxygen atoms in total. The quantitative estimate of drug-likeness (QED) is 0.383. The van der Waals surface area contributed by atoms with Crippen molar-refractivity contribution in [3.63, 3.8) is 0 Å². The lowest BCUT2D eigenvalue weighted by atomic mass is 9.75. The van der Waals surface area contributed by atoms with E-state index in [9.17, 15) is 9.59 Å². The summed E-state index contributed by atoms with van der Waals surface area (Å²) in [5.41, 5.74) is 8.87. The van der Waals surface area contributed by atoms with Crippen LogP contribution in [-0.2, 0) is 4.74 Å². The van der Waals surface area contributed by atoms with Gasteiger partial charge in [-0.3, -0.25) is 24.5 Å². The Morgan fingerprint density at radius 3 is 2.80 bits per heavy atom. The van der Waals surface area contributed by atoms with E-state index in [1.807, 2.05) is 6.20 Å². The molecule has 0 aromatic carbocycles. The standard InChI is InChI=1S/C28H34N8O3S/c1-18-22(13-19(15-32-18)24(37)30-9-11-35-10-3-7-28(35)5-2-6-28)34-25(38)21-16-33-36-17-23(40-27(21)36)20(14-29)26-31-8-4-12-39-26/h13-17H,2-12,29H2,1H3,(H,30,37)(H,34,38). The maximum Gasteiger partial charge on any atom is 0.260 e. The Balaban J connectivity index is 1.13. The van der Waals surface area contributed by atoms with E-state index in [0.29, 0.717) is 64.0 Å².